The quantitative estimate of drug-likeness (QED) is 0.862. The zero-order chi connectivity index (χ0) is 16.3. The van der Waals surface area contributed by atoms with Crippen molar-refractivity contribution in [1.29, 1.82) is 0 Å². The smallest absolute Gasteiger partial charge is 0.243 e. The van der Waals surface area contributed by atoms with Crippen molar-refractivity contribution in [2.45, 2.75) is 4.90 Å². The average Bonchev–Trinajstić information content (AvgIpc) is 2.58. The van der Waals surface area contributed by atoms with Crippen LogP contribution in [-0.4, -0.2) is 38.9 Å². The van der Waals surface area contributed by atoms with E-state index in [2.05, 4.69) is 21.2 Å². The summed E-state index contributed by atoms with van der Waals surface area (Å²) >= 11 is 3.37. The Hall–Kier alpha value is -1.41. The molecule has 1 fully saturated rings. The van der Waals surface area contributed by atoms with Gasteiger partial charge in [-0.05, 0) is 48.5 Å². The number of hydrogen-bond acceptors (Lipinski definition) is 4. The van der Waals surface area contributed by atoms with Crippen molar-refractivity contribution in [3.05, 3.63) is 53.0 Å². The number of piperazine rings is 1. The first-order valence-electron chi connectivity index (χ1n) is 7.30. The molecule has 0 spiro atoms. The van der Waals surface area contributed by atoms with Crippen molar-refractivity contribution in [3.63, 3.8) is 0 Å². The molecular formula is C16H17BrN2O3S. The van der Waals surface area contributed by atoms with E-state index in [1.807, 2.05) is 24.3 Å². The molecule has 0 saturated carbocycles. The fourth-order valence-corrected chi connectivity index (χ4v) is 4.06. The molecule has 0 radical (unpaired) electrons. The maximum Gasteiger partial charge on any atom is 0.243 e. The van der Waals surface area contributed by atoms with Gasteiger partial charge < -0.3 is 10.1 Å². The number of halogens is 1. The third kappa shape index (κ3) is 3.92. The van der Waals surface area contributed by atoms with E-state index < -0.39 is 10.0 Å². The van der Waals surface area contributed by atoms with Gasteiger partial charge in [-0.2, -0.15) is 4.31 Å². The second-order valence-electron chi connectivity index (χ2n) is 5.18. The summed E-state index contributed by atoms with van der Waals surface area (Å²) in [6.45, 7) is 2.37. The van der Waals surface area contributed by atoms with Crippen LogP contribution in [0.4, 0.5) is 0 Å². The molecule has 0 bridgehead atoms. The molecule has 1 N–H and O–H groups in total. The SMILES string of the molecule is O=S(=O)(c1ccc(Oc2ccc(Br)cc2)cc1)N1CCNCC1. The van der Waals surface area contributed by atoms with E-state index in [0.717, 1.165) is 4.47 Å². The molecule has 0 aliphatic carbocycles. The van der Waals surface area contributed by atoms with Crippen LogP contribution < -0.4 is 10.1 Å². The lowest BCUT2D eigenvalue weighted by Crippen LogP contribution is -2.46. The number of nitrogens with one attached hydrogen (secondary N) is 1. The molecule has 5 nitrogen and oxygen atoms in total. The number of sulfonamides is 1. The average molecular weight is 397 g/mol. The van der Waals surface area contributed by atoms with Gasteiger partial charge in [0.2, 0.25) is 10.0 Å². The Morgan fingerprint density at radius 1 is 0.913 bits per heavy atom. The first-order chi connectivity index (χ1) is 11.1. The molecule has 122 valence electrons. The molecule has 2 aromatic rings. The summed E-state index contributed by atoms with van der Waals surface area (Å²) in [5.41, 5.74) is 0. The van der Waals surface area contributed by atoms with E-state index in [-0.39, 0.29) is 0 Å². The van der Waals surface area contributed by atoms with Crippen molar-refractivity contribution in [2.75, 3.05) is 26.2 Å². The van der Waals surface area contributed by atoms with Gasteiger partial charge in [0.1, 0.15) is 11.5 Å². The van der Waals surface area contributed by atoms with Gasteiger partial charge in [0.05, 0.1) is 4.90 Å². The number of nitrogens with zero attached hydrogens (tertiary/aromatic N) is 1. The molecule has 1 aliphatic heterocycles. The predicted octanol–water partition coefficient (Wildman–Crippen LogP) is 2.84. The highest BCUT2D eigenvalue weighted by atomic mass is 79.9. The van der Waals surface area contributed by atoms with Gasteiger partial charge >= 0.3 is 0 Å². The van der Waals surface area contributed by atoms with Gasteiger partial charge in [-0.15, -0.1) is 0 Å². The van der Waals surface area contributed by atoms with Crippen molar-refractivity contribution in [1.82, 2.24) is 9.62 Å². The van der Waals surface area contributed by atoms with Crippen molar-refractivity contribution >= 4 is 26.0 Å². The third-order valence-electron chi connectivity index (χ3n) is 3.59. The second kappa shape index (κ2) is 7.00. The van der Waals surface area contributed by atoms with Crippen molar-refractivity contribution < 1.29 is 13.2 Å². The zero-order valence-electron chi connectivity index (χ0n) is 12.4. The molecule has 0 amide bonds. The van der Waals surface area contributed by atoms with Gasteiger partial charge in [0.15, 0.2) is 0 Å². The summed E-state index contributed by atoms with van der Waals surface area (Å²) < 4.78 is 33.3. The molecule has 23 heavy (non-hydrogen) atoms. The Bertz CT molecular complexity index is 755. The molecule has 0 unspecified atom stereocenters. The normalized spacial score (nSPS) is 16.2. The number of ether oxygens (including phenoxy) is 1. The zero-order valence-corrected chi connectivity index (χ0v) is 14.8. The minimum Gasteiger partial charge on any atom is -0.457 e. The van der Waals surface area contributed by atoms with Crippen LogP contribution in [0.15, 0.2) is 57.9 Å². The second-order valence-corrected chi connectivity index (χ2v) is 8.04. The van der Waals surface area contributed by atoms with Gasteiger partial charge in [-0.25, -0.2) is 8.42 Å². The van der Waals surface area contributed by atoms with Crippen LogP contribution in [0.5, 0.6) is 11.5 Å². The maximum absolute atomic E-state index is 12.5. The lowest BCUT2D eigenvalue weighted by atomic mass is 10.3. The van der Waals surface area contributed by atoms with Crippen LogP contribution in [0.1, 0.15) is 0 Å². The van der Waals surface area contributed by atoms with Gasteiger partial charge in [0.25, 0.3) is 0 Å². The molecular weight excluding hydrogens is 380 g/mol. The standard InChI is InChI=1S/C16H17BrN2O3S/c17-13-1-3-14(4-2-13)22-15-5-7-16(8-6-15)23(20,21)19-11-9-18-10-12-19/h1-8,18H,9-12H2. The van der Waals surface area contributed by atoms with Gasteiger partial charge in [-0.1, -0.05) is 15.9 Å². The van der Waals surface area contributed by atoms with Crippen LogP contribution in [0.3, 0.4) is 0 Å². The fraction of sp³-hybridized carbons (Fsp3) is 0.250. The minimum atomic E-state index is -3.43. The summed E-state index contributed by atoms with van der Waals surface area (Å²) in [4.78, 5) is 0.294. The van der Waals surface area contributed by atoms with E-state index in [1.165, 1.54) is 4.31 Å². The largest absolute Gasteiger partial charge is 0.457 e. The summed E-state index contributed by atoms with van der Waals surface area (Å²) in [5.74, 6) is 1.30. The van der Waals surface area contributed by atoms with E-state index >= 15 is 0 Å². The van der Waals surface area contributed by atoms with Crippen molar-refractivity contribution in [2.24, 2.45) is 0 Å². The van der Waals surface area contributed by atoms with Gasteiger partial charge in [-0.3, -0.25) is 0 Å². The summed E-state index contributed by atoms with van der Waals surface area (Å²) in [5, 5.41) is 3.15. The van der Waals surface area contributed by atoms with E-state index in [1.54, 1.807) is 24.3 Å². The molecule has 1 saturated heterocycles. The topological polar surface area (TPSA) is 58.6 Å². The molecule has 1 aliphatic rings. The molecule has 0 atom stereocenters. The first kappa shape index (κ1) is 16.4. The van der Waals surface area contributed by atoms with E-state index in [9.17, 15) is 8.42 Å². The molecule has 7 heteroatoms. The molecule has 1 heterocycles. The Balaban J connectivity index is 1.74. The lowest BCUT2D eigenvalue weighted by Gasteiger charge is -2.26. The molecule has 0 aromatic heterocycles. The highest BCUT2D eigenvalue weighted by Gasteiger charge is 2.25. The Kier molecular flexibility index (Phi) is 5.01. The summed E-state index contributed by atoms with van der Waals surface area (Å²) in [6.07, 6.45) is 0. The molecule has 3 rings (SSSR count). The number of benzene rings is 2. The van der Waals surface area contributed by atoms with E-state index in [0.29, 0.717) is 42.6 Å². The Morgan fingerprint density at radius 3 is 2.00 bits per heavy atom. The third-order valence-corrected chi connectivity index (χ3v) is 6.03. The summed E-state index contributed by atoms with van der Waals surface area (Å²) in [6, 6.07) is 14.0. The highest BCUT2D eigenvalue weighted by molar-refractivity contribution is 9.10. The Labute approximate surface area is 144 Å². The van der Waals surface area contributed by atoms with Crippen LogP contribution in [0.2, 0.25) is 0 Å². The first-order valence-corrected chi connectivity index (χ1v) is 9.53. The minimum absolute atomic E-state index is 0.294. The van der Waals surface area contributed by atoms with Gasteiger partial charge in [0, 0.05) is 30.7 Å². The van der Waals surface area contributed by atoms with Crippen LogP contribution in [0, 0.1) is 0 Å². The monoisotopic (exact) mass is 396 g/mol. The van der Waals surface area contributed by atoms with Crippen molar-refractivity contribution in [3.8, 4) is 11.5 Å². The van der Waals surface area contributed by atoms with Crippen LogP contribution in [0.25, 0.3) is 0 Å². The lowest BCUT2D eigenvalue weighted by molar-refractivity contribution is 0.360. The fourth-order valence-electron chi connectivity index (χ4n) is 2.35. The van der Waals surface area contributed by atoms with Crippen LogP contribution in [-0.2, 0) is 10.0 Å². The molecule has 2 aromatic carbocycles. The number of hydrogen-bond donors (Lipinski definition) is 1. The van der Waals surface area contributed by atoms with Crippen LogP contribution >= 0.6 is 15.9 Å². The van der Waals surface area contributed by atoms with E-state index in [4.69, 9.17) is 4.74 Å². The predicted molar refractivity (Wildman–Crippen MR) is 92.3 cm³/mol. The number of rotatable bonds is 4. The maximum atomic E-state index is 12.5. The Morgan fingerprint density at radius 2 is 1.43 bits per heavy atom. The highest BCUT2D eigenvalue weighted by Crippen LogP contribution is 2.25. The summed E-state index contributed by atoms with van der Waals surface area (Å²) in [7, 11) is -3.43.